The summed E-state index contributed by atoms with van der Waals surface area (Å²) in [6.45, 7) is 0. The Morgan fingerprint density at radius 1 is 0.917 bits per heavy atom. The van der Waals surface area contributed by atoms with Crippen LogP contribution in [0.4, 0.5) is 0 Å². The minimum Gasteiger partial charge on any atom is -0.577 e. The van der Waals surface area contributed by atoms with Gasteiger partial charge in [0.15, 0.2) is 11.5 Å². The van der Waals surface area contributed by atoms with E-state index in [9.17, 15) is 0 Å². The van der Waals surface area contributed by atoms with Crippen LogP contribution in [0.2, 0.25) is 0 Å². The molecule has 0 N–H and O–H groups in total. The molecule has 0 radical (unpaired) electrons. The average molecular weight is 194 g/mol. The Morgan fingerprint density at radius 3 is 1.50 bits per heavy atom. The van der Waals surface area contributed by atoms with Gasteiger partial charge in [0.1, 0.15) is 0 Å². The van der Waals surface area contributed by atoms with Crippen molar-refractivity contribution in [1.82, 2.24) is 0 Å². The fourth-order valence-corrected chi connectivity index (χ4v) is 0.787. The minimum atomic E-state index is 0. The van der Waals surface area contributed by atoms with E-state index in [1.807, 2.05) is 24.3 Å². The van der Waals surface area contributed by atoms with Gasteiger partial charge in [-0.15, -0.1) is 0 Å². The zero-order valence-corrected chi connectivity index (χ0v) is 10.9. The van der Waals surface area contributed by atoms with Crippen LogP contribution in [0.3, 0.4) is 0 Å². The Morgan fingerprint density at radius 2 is 1.25 bits per heavy atom. The molecule has 1 aromatic rings. The molecule has 0 aliphatic heterocycles. The number of para-hydroxylation sites is 2. The first-order valence-corrected chi connectivity index (χ1v) is 3.05. The standard InChI is InChI=1S/C8H10O2.Na.H2P/c1-9-7-5-3-4-6-8(7)10-2;;/h3-6H,1-2H3;;1H2/q;+1;-1. The molecule has 0 aromatic heterocycles. The van der Waals surface area contributed by atoms with Gasteiger partial charge in [0.2, 0.25) is 0 Å². The quantitative estimate of drug-likeness (QED) is 0.445. The van der Waals surface area contributed by atoms with Crippen molar-refractivity contribution in [2.24, 2.45) is 0 Å². The number of rotatable bonds is 2. The van der Waals surface area contributed by atoms with Crippen molar-refractivity contribution < 1.29 is 39.0 Å². The number of hydrogen-bond acceptors (Lipinski definition) is 2. The van der Waals surface area contributed by atoms with Gasteiger partial charge in [-0.1, -0.05) is 12.1 Å². The molecule has 1 aromatic carbocycles. The molecule has 4 heteroatoms. The van der Waals surface area contributed by atoms with Crippen molar-refractivity contribution in [3.8, 4) is 11.5 Å². The Balaban J connectivity index is 0. The second-order valence-corrected chi connectivity index (χ2v) is 1.85. The van der Waals surface area contributed by atoms with Gasteiger partial charge in [-0.25, -0.2) is 0 Å². The van der Waals surface area contributed by atoms with Gasteiger partial charge >= 0.3 is 29.6 Å². The molecule has 0 atom stereocenters. The average Bonchev–Trinajstić information content (AvgIpc) is 2.04. The first kappa shape index (κ1) is 14.8. The maximum Gasteiger partial charge on any atom is 1.00 e. The fourth-order valence-electron chi connectivity index (χ4n) is 0.787. The number of ether oxygens (including phenoxy) is 2. The molecule has 0 aliphatic rings. The second-order valence-electron chi connectivity index (χ2n) is 1.85. The van der Waals surface area contributed by atoms with Crippen LogP contribution >= 0.6 is 9.90 Å². The third-order valence-electron chi connectivity index (χ3n) is 1.29. The molecular formula is C8H12NaO2P. The van der Waals surface area contributed by atoms with Gasteiger partial charge in [0.05, 0.1) is 14.2 Å². The van der Waals surface area contributed by atoms with Crippen molar-refractivity contribution in [3.05, 3.63) is 24.3 Å². The van der Waals surface area contributed by atoms with E-state index in [0.717, 1.165) is 11.5 Å². The van der Waals surface area contributed by atoms with E-state index >= 15 is 0 Å². The van der Waals surface area contributed by atoms with Crippen molar-refractivity contribution >= 4 is 9.90 Å². The molecule has 0 heterocycles. The zero-order chi connectivity index (χ0) is 7.40. The van der Waals surface area contributed by atoms with Crippen molar-refractivity contribution in [2.45, 2.75) is 0 Å². The van der Waals surface area contributed by atoms with E-state index in [-0.39, 0.29) is 39.5 Å². The SMILES string of the molecule is COc1ccccc1OC.[Na+].[PH2-]. The molecule has 1 rings (SSSR count). The first-order chi connectivity index (χ1) is 4.88. The van der Waals surface area contributed by atoms with Crippen molar-refractivity contribution in [1.29, 1.82) is 0 Å². The molecule has 0 saturated heterocycles. The monoisotopic (exact) mass is 194 g/mol. The van der Waals surface area contributed by atoms with Crippen LogP contribution in [-0.2, 0) is 0 Å². The van der Waals surface area contributed by atoms with Crippen molar-refractivity contribution in [2.75, 3.05) is 14.2 Å². The smallest absolute Gasteiger partial charge is 0.577 e. The van der Waals surface area contributed by atoms with E-state index in [1.165, 1.54) is 0 Å². The first-order valence-electron chi connectivity index (χ1n) is 3.05. The van der Waals surface area contributed by atoms with Crippen molar-refractivity contribution in [3.63, 3.8) is 0 Å². The van der Waals surface area contributed by atoms with Gasteiger partial charge in [0.25, 0.3) is 0 Å². The van der Waals surface area contributed by atoms with Crippen LogP contribution in [0.25, 0.3) is 0 Å². The molecule has 0 fully saturated rings. The summed E-state index contributed by atoms with van der Waals surface area (Å²) in [5.74, 6) is 1.54. The summed E-state index contributed by atoms with van der Waals surface area (Å²) in [6.07, 6.45) is 0. The van der Waals surface area contributed by atoms with E-state index in [1.54, 1.807) is 14.2 Å². The molecule has 0 bridgehead atoms. The predicted octanol–water partition coefficient (Wildman–Crippen LogP) is -0.966. The number of benzene rings is 1. The normalized spacial score (nSPS) is 7.50. The van der Waals surface area contributed by atoms with Gasteiger partial charge < -0.3 is 19.4 Å². The van der Waals surface area contributed by atoms with Crippen LogP contribution in [0.5, 0.6) is 11.5 Å². The Hall–Kier alpha value is 0.250. The molecule has 0 amide bonds. The van der Waals surface area contributed by atoms with Crippen LogP contribution in [0.15, 0.2) is 24.3 Å². The van der Waals surface area contributed by atoms with E-state index < -0.39 is 0 Å². The van der Waals surface area contributed by atoms with Crippen LogP contribution in [0, 0.1) is 0 Å². The molecular weight excluding hydrogens is 182 g/mol. The topological polar surface area (TPSA) is 18.5 Å². The fraction of sp³-hybridized carbons (Fsp3) is 0.250. The van der Waals surface area contributed by atoms with E-state index in [2.05, 4.69) is 0 Å². The summed E-state index contributed by atoms with van der Waals surface area (Å²) < 4.78 is 10.0. The van der Waals surface area contributed by atoms with Gasteiger partial charge in [-0.05, 0) is 12.1 Å². The summed E-state index contributed by atoms with van der Waals surface area (Å²) in [5.41, 5.74) is 0. The maximum absolute atomic E-state index is 5.01. The molecule has 0 aliphatic carbocycles. The number of methoxy groups -OCH3 is 2. The van der Waals surface area contributed by atoms with E-state index in [0.29, 0.717) is 0 Å². The Bertz CT molecular complexity index is 195. The summed E-state index contributed by atoms with van der Waals surface area (Å²) in [4.78, 5) is 0. The summed E-state index contributed by atoms with van der Waals surface area (Å²) >= 11 is 0. The molecule has 2 nitrogen and oxygen atoms in total. The molecule has 0 unspecified atom stereocenters. The summed E-state index contributed by atoms with van der Waals surface area (Å²) in [6, 6.07) is 7.53. The zero-order valence-electron chi connectivity index (χ0n) is 7.70. The maximum atomic E-state index is 5.01. The third kappa shape index (κ3) is 3.77. The Kier molecular flexibility index (Phi) is 9.69. The molecule has 0 saturated carbocycles. The van der Waals surface area contributed by atoms with Gasteiger partial charge in [-0.2, -0.15) is 0 Å². The predicted molar refractivity (Wildman–Crippen MR) is 49.3 cm³/mol. The number of hydrogen-bond donors (Lipinski definition) is 0. The van der Waals surface area contributed by atoms with Gasteiger partial charge in [-0.3, -0.25) is 0 Å². The minimum absolute atomic E-state index is 0. The van der Waals surface area contributed by atoms with E-state index in [4.69, 9.17) is 9.47 Å². The molecule has 12 heavy (non-hydrogen) atoms. The van der Waals surface area contributed by atoms with Crippen LogP contribution in [0.1, 0.15) is 0 Å². The van der Waals surface area contributed by atoms with Crippen LogP contribution < -0.4 is 39.0 Å². The van der Waals surface area contributed by atoms with Gasteiger partial charge in [0, 0.05) is 0 Å². The second kappa shape index (κ2) is 7.88. The third-order valence-corrected chi connectivity index (χ3v) is 1.29. The molecule has 0 spiro atoms. The Labute approximate surface area is 98.6 Å². The summed E-state index contributed by atoms with van der Waals surface area (Å²) in [5, 5.41) is 0. The summed E-state index contributed by atoms with van der Waals surface area (Å²) in [7, 11) is 3.25. The largest absolute Gasteiger partial charge is 1.00 e. The van der Waals surface area contributed by atoms with Crippen LogP contribution in [-0.4, -0.2) is 14.2 Å². The molecule has 62 valence electrons.